The zero-order valence-electron chi connectivity index (χ0n) is 19.4. The molecule has 0 saturated heterocycles. The monoisotopic (exact) mass is 496 g/mol. The Morgan fingerprint density at radius 2 is 1.37 bits per heavy atom. The molecule has 1 aromatic rings. The predicted octanol–water partition coefficient (Wildman–Crippen LogP) is -1.69. The van der Waals surface area contributed by atoms with E-state index in [4.69, 9.17) is 15.9 Å². The van der Waals surface area contributed by atoms with Crippen molar-refractivity contribution < 1.29 is 44.4 Å². The summed E-state index contributed by atoms with van der Waals surface area (Å²) < 4.78 is 0. The van der Waals surface area contributed by atoms with E-state index in [2.05, 4.69) is 16.0 Å². The molecule has 0 aromatic heterocycles. The number of aromatic hydroxyl groups is 1. The molecular formula is C22H32N4O9. The lowest BCUT2D eigenvalue weighted by molar-refractivity contribution is -0.143. The number of nitrogens with two attached hydrogens (primary N) is 1. The van der Waals surface area contributed by atoms with Crippen molar-refractivity contribution in [2.24, 2.45) is 11.7 Å². The Hall–Kier alpha value is -3.71. The minimum Gasteiger partial charge on any atom is -0.508 e. The highest BCUT2D eigenvalue weighted by atomic mass is 16.4. The van der Waals surface area contributed by atoms with E-state index in [0.29, 0.717) is 5.56 Å². The third-order valence-corrected chi connectivity index (χ3v) is 4.88. The summed E-state index contributed by atoms with van der Waals surface area (Å²) in [6.07, 6.45) is -0.634. The predicted molar refractivity (Wildman–Crippen MR) is 122 cm³/mol. The molecule has 0 aliphatic heterocycles. The van der Waals surface area contributed by atoms with Gasteiger partial charge in [0.05, 0.1) is 19.1 Å². The zero-order valence-corrected chi connectivity index (χ0v) is 19.4. The second-order valence-corrected chi connectivity index (χ2v) is 8.41. The average molecular weight is 497 g/mol. The molecule has 0 fully saturated rings. The van der Waals surface area contributed by atoms with Crippen molar-refractivity contribution in [3.8, 4) is 5.75 Å². The highest BCUT2D eigenvalue weighted by molar-refractivity contribution is 5.94. The lowest BCUT2D eigenvalue weighted by Crippen LogP contribution is -2.58. The number of carboxylic acid groups (broad SMARTS) is 2. The molecule has 0 radical (unpaired) electrons. The van der Waals surface area contributed by atoms with E-state index >= 15 is 0 Å². The van der Waals surface area contributed by atoms with Crippen LogP contribution in [0.4, 0.5) is 0 Å². The summed E-state index contributed by atoms with van der Waals surface area (Å²) in [4.78, 5) is 60.2. The fourth-order valence-corrected chi connectivity index (χ4v) is 3.07. The van der Waals surface area contributed by atoms with Gasteiger partial charge in [0.15, 0.2) is 0 Å². The van der Waals surface area contributed by atoms with Gasteiger partial charge < -0.3 is 42.1 Å². The molecule has 0 aliphatic rings. The van der Waals surface area contributed by atoms with Crippen LogP contribution in [0.25, 0.3) is 0 Å². The number of nitrogens with one attached hydrogen (secondary N) is 3. The number of phenols is 1. The summed E-state index contributed by atoms with van der Waals surface area (Å²) in [5.74, 6) is -5.43. The highest BCUT2D eigenvalue weighted by Gasteiger charge is 2.31. The Balaban J connectivity index is 3.12. The van der Waals surface area contributed by atoms with Crippen LogP contribution in [0.5, 0.6) is 5.75 Å². The van der Waals surface area contributed by atoms with Crippen molar-refractivity contribution in [1.82, 2.24) is 16.0 Å². The van der Waals surface area contributed by atoms with E-state index in [-0.39, 0.29) is 24.5 Å². The summed E-state index contributed by atoms with van der Waals surface area (Å²) in [6, 6.07) is 0.293. The van der Waals surface area contributed by atoms with Gasteiger partial charge in [-0.15, -0.1) is 0 Å². The van der Waals surface area contributed by atoms with E-state index in [1.54, 1.807) is 13.8 Å². The largest absolute Gasteiger partial charge is 0.508 e. The van der Waals surface area contributed by atoms with Crippen LogP contribution in [0, 0.1) is 5.92 Å². The third kappa shape index (κ3) is 10.4. The summed E-state index contributed by atoms with van der Waals surface area (Å²) in [7, 11) is 0. The van der Waals surface area contributed by atoms with E-state index in [1.165, 1.54) is 24.3 Å². The van der Waals surface area contributed by atoms with Crippen molar-refractivity contribution >= 4 is 29.7 Å². The number of aliphatic carboxylic acids is 2. The standard InChI is InChI=1S/C22H32N4O9/c1-11(2)7-15(20(32)26-17(10-27)22(34)35)25-21(33)16(8-12-3-5-13(28)6-4-12)24-19(31)14(23)9-18(29)30/h3-6,11,14-17,27-28H,7-10,23H2,1-2H3,(H,24,31)(H,25,33)(H,26,32)(H,29,30)(H,34,35). The molecule has 0 heterocycles. The Labute approximate surface area is 201 Å². The number of aliphatic hydroxyl groups is 1. The number of aliphatic hydroxyl groups excluding tert-OH is 1. The van der Waals surface area contributed by atoms with Crippen LogP contribution in [-0.2, 0) is 30.4 Å². The first-order valence-corrected chi connectivity index (χ1v) is 10.8. The molecule has 0 saturated carbocycles. The molecule has 0 aliphatic carbocycles. The molecule has 4 atom stereocenters. The van der Waals surface area contributed by atoms with Crippen LogP contribution >= 0.6 is 0 Å². The topological polar surface area (TPSA) is 228 Å². The Bertz CT molecular complexity index is 905. The van der Waals surface area contributed by atoms with Crippen molar-refractivity contribution in [1.29, 1.82) is 0 Å². The molecule has 3 amide bonds. The van der Waals surface area contributed by atoms with E-state index in [9.17, 15) is 34.2 Å². The zero-order chi connectivity index (χ0) is 26.7. The van der Waals surface area contributed by atoms with Crippen LogP contribution in [-0.4, -0.2) is 80.9 Å². The van der Waals surface area contributed by atoms with Gasteiger partial charge in [-0.1, -0.05) is 26.0 Å². The second kappa shape index (κ2) is 13.9. The summed E-state index contributed by atoms with van der Waals surface area (Å²) in [6.45, 7) is 2.69. The van der Waals surface area contributed by atoms with Gasteiger partial charge in [0.1, 0.15) is 23.9 Å². The van der Waals surface area contributed by atoms with Gasteiger partial charge in [0, 0.05) is 6.42 Å². The van der Waals surface area contributed by atoms with Gasteiger partial charge in [0.2, 0.25) is 17.7 Å². The summed E-state index contributed by atoms with van der Waals surface area (Å²) in [5, 5.41) is 43.6. The molecule has 1 rings (SSSR count). The van der Waals surface area contributed by atoms with Gasteiger partial charge in [-0.05, 0) is 30.0 Å². The van der Waals surface area contributed by atoms with Crippen LogP contribution in [0.2, 0.25) is 0 Å². The SMILES string of the molecule is CC(C)CC(NC(=O)C(Cc1ccc(O)cc1)NC(=O)C(N)CC(=O)O)C(=O)NC(CO)C(=O)O. The lowest BCUT2D eigenvalue weighted by atomic mass is 10.0. The maximum absolute atomic E-state index is 13.1. The highest BCUT2D eigenvalue weighted by Crippen LogP contribution is 2.13. The molecule has 194 valence electrons. The van der Waals surface area contributed by atoms with Gasteiger partial charge in [-0.25, -0.2) is 4.79 Å². The number of benzene rings is 1. The summed E-state index contributed by atoms with van der Waals surface area (Å²) >= 11 is 0. The van der Waals surface area contributed by atoms with Gasteiger partial charge >= 0.3 is 11.9 Å². The van der Waals surface area contributed by atoms with Crippen molar-refractivity contribution in [3.05, 3.63) is 29.8 Å². The van der Waals surface area contributed by atoms with E-state index in [0.717, 1.165) is 0 Å². The third-order valence-electron chi connectivity index (χ3n) is 4.88. The van der Waals surface area contributed by atoms with Crippen molar-refractivity contribution in [2.45, 2.75) is 57.3 Å². The molecule has 35 heavy (non-hydrogen) atoms. The quantitative estimate of drug-likeness (QED) is 0.146. The number of amides is 3. The molecule has 13 nitrogen and oxygen atoms in total. The lowest BCUT2D eigenvalue weighted by Gasteiger charge is -2.26. The number of carbonyl (C=O) groups excluding carboxylic acids is 3. The molecule has 1 aromatic carbocycles. The Morgan fingerprint density at radius 1 is 0.857 bits per heavy atom. The first kappa shape index (κ1) is 29.3. The fourth-order valence-electron chi connectivity index (χ4n) is 3.07. The van der Waals surface area contributed by atoms with Crippen molar-refractivity contribution in [3.63, 3.8) is 0 Å². The number of rotatable bonds is 14. The first-order valence-electron chi connectivity index (χ1n) is 10.8. The number of phenolic OH excluding ortho intramolecular Hbond substituents is 1. The number of carbonyl (C=O) groups is 5. The molecule has 0 spiro atoms. The van der Waals surface area contributed by atoms with Crippen LogP contribution in [0.3, 0.4) is 0 Å². The van der Waals surface area contributed by atoms with E-state index < -0.39 is 66.9 Å². The van der Waals surface area contributed by atoms with Gasteiger partial charge in [0.25, 0.3) is 0 Å². The van der Waals surface area contributed by atoms with Gasteiger partial charge in [-0.3, -0.25) is 19.2 Å². The first-order chi connectivity index (χ1) is 16.3. The van der Waals surface area contributed by atoms with Gasteiger partial charge in [-0.2, -0.15) is 0 Å². The fraction of sp³-hybridized carbons (Fsp3) is 0.500. The van der Waals surface area contributed by atoms with E-state index in [1.807, 2.05) is 0 Å². The second-order valence-electron chi connectivity index (χ2n) is 8.41. The van der Waals surface area contributed by atoms with Crippen LogP contribution < -0.4 is 21.7 Å². The number of hydrogen-bond acceptors (Lipinski definition) is 8. The smallest absolute Gasteiger partial charge is 0.328 e. The molecular weight excluding hydrogens is 464 g/mol. The number of carboxylic acids is 2. The maximum Gasteiger partial charge on any atom is 0.328 e. The van der Waals surface area contributed by atoms with Crippen LogP contribution in [0.1, 0.15) is 32.3 Å². The Morgan fingerprint density at radius 3 is 1.86 bits per heavy atom. The molecule has 0 bridgehead atoms. The maximum atomic E-state index is 13.1. The minimum absolute atomic E-state index is 0.0206. The normalized spacial score (nSPS) is 14.3. The summed E-state index contributed by atoms with van der Waals surface area (Å²) in [5.41, 5.74) is 6.13. The molecule has 4 unspecified atom stereocenters. The van der Waals surface area contributed by atoms with Crippen molar-refractivity contribution in [2.75, 3.05) is 6.61 Å². The Kier molecular flexibility index (Phi) is 11.6. The average Bonchev–Trinajstić information content (AvgIpc) is 2.76. The van der Waals surface area contributed by atoms with Crippen LogP contribution in [0.15, 0.2) is 24.3 Å². The number of hydrogen-bond donors (Lipinski definition) is 8. The minimum atomic E-state index is -1.57. The molecule has 13 heteroatoms. The molecule has 9 N–H and O–H groups in total.